The predicted octanol–water partition coefficient (Wildman–Crippen LogP) is 2.67. The first kappa shape index (κ1) is 17.8. The molecule has 124 valence electrons. The van der Waals surface area contributed by atoms with Crippen molar-refractivity contribution in [2.24, 2.45) is 5.92 Å². The van der Waals surface area contributed by atoms with Crippen LogP contribution in [0.5, 0.6) is 0 Å². The molecule has 0 aliphatic rings. The van der Waals surface area contributed by atoms with Crippen LogP contribution in [0.15, 0.2) is 33.9 Å². The molecule has 6 nitrogen and oxygen atoms in total. The number of hydrogen-bond acceptors (Lipinski definition) is 5. The van der Waals surface area contributed by atoms with E-state index in [4.69, 9.17) is 5.84 Å². The Bertz CT molecular complexity index is 688. The molecule has 0 radical (unpaired) electrons. The summed E-state index contributed by atoms with van der Waals surface area (Å²) in [5, 5.41) is 11.6. The topological polar surface area (TPSA) is 85.8 Å². The van der Waals surface area contributed by atoms with Crippen LogP contribution < -0.4 is 11.2 Å². The Kier molecular flexibility index (Phi) is 6.06. The van der Waals surface area contributed by atoms with Crippen LogP contribution in [0.25, 0.3) is 11.4 Å². The second-order valence-corrected chi connectivity index (χ2v) is 7.34. The third-order valence-corrected chi connectivity index (χ3v) is 5.13. The van der Waals surface area contributed by atoms with E-state index < -0.39 is 0 Å². The molecule has 0 aliphatic heterocycles. The van der Waals surface area contributed by atoms with Crippen molar-refractivity contribution in [3.05, 3.63) is 28.7 Å². The number of carbonyl (C=O) groups is 1. The molecule has 1 aromatic heterocycles. The van der Waals surface area contributed by atoms with E-state index in [1.165, 1.54) is 16.4 Å². The van der Waals surface area contributed by atoms with Crippen molar-refractivity contribution in [3.63, 3.8) is 0 Å². The summed E-state index contributed by atoms with van der Waals surface area (Å²) in [5.74, 6) is 7.21. The van der Waals surface area contributed by atoms with Crippen molar-refractivity contribution in [1.82, 2.24) is 20.2 Å². The number of nitrogens with zero attached hydrogens (tertiary/aromatic N) is 3. The van der Waals surface area contributed by atoms with Crippen LogP contribution in [-0.2, 0) is 4.79 Å². The number of thioether (sulfide) groups is 1. The van der Waals surface area contributed by atoms with Crippen molar-refractivity contribution in [2.75, 3.05) is 11.6 Å². The number of hydrogen-bond donors (Lipinski definition) is 2. The molecule has 1 aromatic carbocycles. The Morgan fingerprint density at radius 2 is 2.04 bits per heavy atom. The first-order chi connectivity index (χ1) is 10.9. The molecule has 2 aromatic rings. The fourth-order valence-electron chi connectivity index (χ4n) is 1.79. The van der Waals surface area contributed by atoms with Crippen LogP contribution in [0, 0.1) is 5.92 Å². The number of benzene rings is 1. The predicted molar refractivity (Wildman–Crippen MR) is 96.5 cm³/mol. The number of nitrogen functional groups attached to an aromatic ring is 1. The van der Waals surface area contributed by atoms with Gasteiger partial charge in [0.15, 0.2) is 5.82 Å². The maximum atomic E-state index is 11.9. The van der Waals surface area contributed by atoms with Crippen LogP contribution in [0.1, 0.15) is 20.8 Å². The van der Waals surface area contributed by atoms with Crippen molar-refractivity contribution in [3.8, 4) is 11.4 Å². The summed E-state index contributed by atoms with van der Waals surface area (Å²) < 4.78 is 2.29. The lowest BCUT2D eigenvalue weighted by atomic mass is 10.1. The van der Waals surface area contributed by atoms with Crippen molar-refractivity contribution in [2.45, 2.75) is 32.0 Å². The molecule has 0 saturated carbocycles. The van der Waals surface area contributed by atoms with Gasteiger partial charge in [-0.2, -0.15) is 0 Å². The zero-order valence-electron chi connectivity index (χ0n) is 13.3. The molecule has 1 heterocycles. The molecule has 0 aliphatic carbocycles. The third kappa shape index (κ3) is 4.48. The zero-order chi connectivity index (χ0) is 17.0. The van der Waals surface area contributed by atoms with Crippen molar-refractivity contribution in [1.29, 1.82) is 0 Å². The number of aromatic nitrogens is 3. The highest BCUT2D eigenvalue weighted by molar-refractivity contribution is 9.10. The van der Waals surface area contributed by atoms with Crippen LogP contribution in [0.4, 0.5) is 0 Å². The molecule has 1 amide bonds. The average Bonchev–Trinajstić information content (AvgIpc) is 2.86. The second-order valence-electron chi connectivity index (χ2n) is 5.54. The van der Waals surface area contributed by atoms with Crippen molar-refractivity contribution >= 4 is 33.6 Å². The number of nitrogens with two attached hydrogens (primary N) is 1. The number of amides is 1. The van der Waals surface area contributed by atoms with Gasteiger partial charge in [-0.25, -0.2) is 4.68 Å². The summed E-state index contributed by atoms with van der Waals surface area (Å²) in [5.41, 5.74) is 0.854. The van der Waals surface area contributed by atoms with Gasteiger partial charge in [0.25, 0.3) is 0 Å². The van der Waals surface area contributed by atoms with Crippen LogP contribution >= 0.6 is 27.7 Å². The van der Waals surface area contributed by atoms with E-state index in [-0.39, 0.29) is 17.7 Å². The molecule has 0 spiro atoms. The van der Waals surface area contributed by atoms with Gasteiger partial charge in [0, 0.05) is 16.1 Å². The van der Waals surface area contributed by atoms with E-state index in [0.29, 0.717) is 16.9 Å². The standard InChI is InChI=1S/C15H20BrN5OS/c1-9(2)10(3)18-13(22)8-23-15-20-19-14(21(15)17)11-6-4-5-7-12(11)16/h4-7,9-10H,8,17H2,1-3H3,(H,18,22). The molecule has 2 rings (SSSR count). The Balaban J connectivity index is 2.03. The maximum absolute atomic E-state index is 11.9. The summed E-state index contributed by atoms with van der Waals surface area (Å²) >= 11 is 4.74. The summed E-state index contributed by atoms with van der Waals surface area (Å²) in [6.45, 7) is 6.13. The average molecular weight is 398 g/mol. The van der Waals surface area contributed by atoms with Gasteiger partial charge >= 0.3 is 0 Å². The highest BCUT2D eigenvalue weighted by Gasteiger charge is 2.16. The normalized spacial score (nSPS) is 12.4. The van der Waals surface area contributed by atoms with Crippen LogP contribution in [0.3, 0.4) is 0 Å². The molecule has 0 fully saturated rings. The second kappa shape index (κ2) is 7.83. The zero-order valence-corrected chi connectivity index (χ0v) is 15.7. The third-order valence-electron chi connectivity index (χ3n) is 3.50. The fourth-order valence-corrected chi connectivity index (χ4v) is 2.92. The Hall–Kier alpha value is -1.54. The van der Waals surface area contributed by atoms with Gasteiger partial charge in [0.1, 0.15) is 0 Å². The lowest BCUT2D eigenvalue weighted by molar-refractivity contribution is -0.119. The van der Waals surface area contributed by atoms with E-state index in [2.05, 4.69) is 45.3 Å². The largest absolute Gasteiger partial charge is 0.353 e. The number of rotatable bonds is 6. The molecular formula is C15H20BrN5OS. The Morgan fingerprint density at radius 1 is 1.35 bits per heavy atom. The summed E-state index contributed by atoms with van der Waals surface area (Å²) in [4.78, 5) is 11.9. The highest BCUT2D eigenvalue weighted by Crippen LogP contribution is 2.27. The van der Waals surface area contributed by atoms with E-state index in [0.717, 1.165) is 10.0 Å². The molecule has 0 bridgehead atoms. The quantitative estimate of drug-likeness (QED) is 0.577. The summed E-state index contributed by atoms with van der Waals surface area (Å²) in [7, 11) is 0. The number of nitrogens with one attached hydrogen (secondary N) is 1. The minimum Gasteiger partial charge on any atom is -0.353 e. The summed E-state index contributed by atoms with van der Waals surface area (Å²) in [6, 6.07) is 7.78. The Labute approximate surface area is 148 Å². The van der Waals surface area contributed by atoms with Gasteiger partial charge in [0.2, 0.25) is 11.1 Å². The lowest BCUT2D eigenvalue weighted by Gasteiger charge is -2.17. The van der Waals surface area contributed by atoms with Gasteiger partial charge in [-0.05, 0) is 25.0 Å². The smallest absolute Gasteiger partial charge is 0.230 e. The van der Waals surface area contributed by atoms with E-state index in [1.807, 2.05) is 31.2 Å². The van der Waals surface area contributed by atoms with Crippen LogP contribution in [-0.4, -0.2) is 32.6 Å². The number of halogens is 1. The Morgan fingerprint density at radius 3 is 2.70 bits per heavy atom. The molecular weight excluding hydrogens is 378 g/mol. The van der Waals surface area contributed by atoms with E-state index in [1.54, 1.807) is 0 Å². The number of carbonyl (C=O) groups excluding carboxylic acids is 1. The molecule has 1 unspecified atom stereocenters. The first-order valence-corrected chi connectivity index (χ1v) is 9.05. The maximum Gasteiger partial charge on any atom is 0.230 e. The minimum absolute atomic E-state index is 0.0401. The molecule has 1 atom stereocenters. The van der Waals surface area contributed by atoms with Gasteiger partial charge in [-0.3, -0.25) is 4.79 Å². The lowest BCUT2D eigenvalue weighted by Crippen LogP contribution is -2.37. The van der Waals surface area contributed by atoms with E-state index in [9.17, 15) is 4.79 Å². The van der Waals surface area contributed by atoms with Crippen LogP contribution in [0.2, 0.25) is 0 Å². The molecule has 8 heteroatoms. The molecule has 23 heavy (non-hydrogen) atoms. The van der Waals surface area contributed by atoms with E-state index >= 15 is 0 Å². The monoisotopic (exact) mass is 397 g/mol. The SMILES string of the molecule is CC(C)C(C)NC(=O)CSc1nnc(-c2ccccc2Br)n1N. The molecule has 3 N–H and O–H groups in total. The van der Waals surface area contributed by atoms with Gasteiger partial charge < -0.3 is 11.2 Å². The minimum atomic E-state index is -0.0401. The fraction of sp³-hybridized carbons (Fsp3) is 0.400. The van der Waals surface area contributed by atoms with Gasteiger partial charge in [-0.1, -0.05) is 53.7 Å². The summed E-state index contributed by atoms with van der Waals surface area (Å²) in [6.07, 6.45) is 0. The van der Waals surface area contributed by atoms with Gasteiger partial charge in [-0.15, -0.1) is 10.2 Å². The highest BCUT2D eigenvalue weighted by atomic mass is 79.9. The first-order valence-electron chi connectivity index (χ1n) is 7.27. The van der Waals surface area contributed by atoms with Crippen molar-refractivity contribution < 1.29 is 4.79 Å². The van der Waals surface area contributed by atoms with Gasteiger partial charge in [0.05, 0.1) is 5.75 Å². The molecule has 0 saturated heterocycles.